The van der Waals surface area contributed by atoms with Crippen molar-refractivity contribution in [2.75, 3.05) is 35.0 Å². The SMILES string of the molecule is COc1ccc(C(NC(=O)COc2ccc(C)cc2)c2ccc(OC)c(OC)c2)cc1OC. The summed E-state index contributed by atoms with van der Waals surface area (Å²) in [6.45, 7) is 1.87. The number of hydrogen-bond donors (Lipinski definition) is 1. The van der Waals surface area contributed by atoms with Crippen molar-refractivity contribution in [3.8, 4) is 28.7 Å². The monoisotopic (exact) mass is 451 g/mol. The van der Waals surface area contributed by atoms with Crippen LogP contribution in [0.5, 0.6) is 28.7 Å². The summed E-state index contributed by atoms with van der Waals surface area (Å²) in [5.41, 5.74) is 2.74. The number of hydrogen-bond acceptors (Lipinski definition) is 6. The molecule has 0 heterocycles. The molecule has 0 bridgehead atoms. The first-order valence-electron chi connectivity index (χ1n) is 10.4. The zero-order valence-electron chi connectivity index (χ0n) is 19.5. The summed E-state index contributed by atoms with van der Waals surface area (Å²) in [6, 6.07) is 18.1. The highest BCUT2D eigenvalue weighted by atomic mass is 16.5. The number of ether oxygens (including phenoxy) is 5. The van der Waals surface area contributed by atoms with Crippen LogP contribution >= 0.6 is 0 Å². The highest BCUT2D eigenvalue weighted by molar-refractivity contribution is 5.78. The summed E-state index contributed by atoms with van der Waals surface area (Å²) in [7, 11) is 6.29. The van der Waals surface area contributed by atoms with Gasteiger partial charge >= 0.3 is 0 Å². The lowest BCUT2D eigenvalue weighted by Gasteiger charge is -2.22. The number of carbonyl (C=O) groups excluding carboxylic acids is 1. The van der Waals surface area contributed by atoms with Crippen LogP contribution in [0, 0.1) is 6.92 Å². The van der Waals surface area contributed by atoms with Crippen LogP contribution in [0.25, 0.3) is 0 Å². The minimum absolute atomic E-state index is 0.125. The Balaban J connectivity index is 1.90. The standard InChI is InChI=1S/C26H29NO6/c1-17-6-10-20(11-7-17)33-16-25(28)27-26(18-8-12-21(29-2)23(14-18)31-4)19-9-13-22(30-3)24(15-19)32-5/h6-15,26H,16H2,1-5H3,(H,27,28). The van der Waals surface area contributed by atoms with E-state index < -0.39 is 6.04 Å². The number of aryl methyl sites for hydroxylation is 1. The summed E-state index contributed by atoms with van der Waals surface area (Å²) in [4.78, 5) is 12.8. The average Bonchev–Trinajstić information content (AvgIpc) is 2.86. The van der Waals surface area contributed by atoms with Gasteiger partial charge in [-0.1, -0.05) is 29.8 Å². The van der Waals surface area contributed by atoms with Crippen molar-refractivity contribution in [3.05, 3.63) is 77.4 Å². The van der Waals surface area contributed by atoms with E-state index >= 15 is 0 Å². The van der Waals surface area contributed by atoms with Crippen LogP contribution in [0.2, 0.25) is 0 Å². The predicted octanol–water partition coefficient (Wildman–Crippen LogP) is 4.31. The molecular formula is C26H29NO6. The molecule has 0 aliphatic heterocycles. The fraction of sp³-hybridized carbons (Fsp3) is 0.269. The molecule has 0 atom stereocenters. The molecule has 33 heavy (non-hydrogen) atoms. The molecule has 0 aliphatic carbocycles. The molecule has 3 aromatic carbocycles. The summed E-state index contributed by atoms with van der Waals surface area (Å²) >= 11 is 0. The number of nitrogens with one attached hydrogen (secondary N) is 1. The number of methoxy groups -OCH3 is 4. The Bertz CT molecular complexity index is 1030. The second-order valence-corrected chi connectivity index (χ2v) is 7.33. The van der Waals surface area contributed by atoms with Gasteiger partial charge in [0.25, 0.3) is 5.91 Å². The van der Waals surface area contributed by atoms with Gasteiger partial charge < -0.3 is 29.0 Å². The van der Waals surface area contributed by atoms with Crippen LogP contribution in [-0.2, 0) is 4.79 Å². The Kier molecular flexibility index (Phi) is 8.02. The summed E-state index contributed by atoms with van der Waals surface area (Å²) in [6.07, 6.45) is 0. The minimum Gasteiger partial charge on any atom is -0.493 e. The van der Waals surface area contributed by atoms with Gasteiger partial charge in [-0.2, -0.15) is 0 Å². The quantitative estimate of drug-likeness (QED) is 0.495. The van der Waals surface area contributed by atoms with E-state index in [1.165, 1.54) is 0 Å². The van der Waals surface area contributed by atoms with Crippen LogP contribution in [0.3, 0.4) is 0 Å². The average molecular weight is 452 g/mol. The number of rotatable bonds is 10. The molecular weight excluding hydrogens is 422 g/mol. The molecule has 3 aromatic rings. The fourth-order valence-corrected chi connectivity index (χ4v) is 3.41. The first kappa shape index (κ1) is 23.8. The zero-order valence-corrected chi connectivity index (χ0v) is 19.5. The van der Waals surface area contributed by atoms with Crippen LogP contribution in [0.4, 0.5) is 0 Å². The second-order valence-electron chi connectivity index (χ2n) is 7.33. The van der Waals surface area contributed by atoms with E-state index in [0.29, 0.717) is 28.7 Å². The summed E-state index contributed by atoms with van der Waals surface area (Å²) < 4.78 is 27.3. The van der Waals surface area contributed by atoms with E-state index in [9.17, 15) is 4.79 Å². The third-order valence-corrected chi connectivity index (χ3v) is 5.18. The second kappa shape index (κ2) is 11.1. The lowest BCUT2D eigenvalue weighted by atomic mass is 9.97. The molecule has 3 rings (SSSR count). The van der Waals surface area contributed by atoms with E-state index in [0.717, 1.165) is 16.7 Å². The molecule has 7 heteroatoms. The van der Waals surface area contributed by atoms with Gasteiger partial charge in [0.1, 0.15) is 5.75 Å². The molecule has 7 nitrogen and oxygen atoms in total. The van der Waals surface area contributed by atoms with Gasteiger partial charge in [-0.05, 0) is 54.4 Å². The van der Waals surface area contributed by atoms with Crippen molar-refractivity contribution in [3.63, 3.8) is 0 Å². The number of carbonyl (C=O) groups is 1. The molecule has 1 amide bonds. The summed E-state index contributed by atoms with van der Waals surface area (Å²) in [5, 5.41) is 3.05. The maximum absolute atomic E-state index is 12.8. The van der Waals surface area contributed by atoms with Crippen molar-refractivity contribution in [1.82, 2.24) is 5.32 Å². The molecule has 0 unspecified atom stereocenters. The Morgan fingerprint density at radius 3 is 1.67 bits per heavy atom. The van der Waals surface area contributed by atoms with Crippen molar-refractivity contribution >= 4 is 5.91 Å². The van der Waals surface area contributed by atoms with E-state index in [1.807, 2.05) is 55.5 Å². The topological polar surface area (TPSA) is 75.3 Å². The molecule has 0 saturated carbocycles. The van der Waals surface area contributed by atoms with Gasteiger partial charge in [-0.15, -0.1) is 0 Å². The first-order chi connectivity index (χ1) is 16.0. The molecule has 0 spiro atoms. The van der Waals surface area contributed by atoms with Gasteiger partial charge in [0, 0.05) is 0 Å². The van der Waals surface area contributed by atoms with E-state index in [1.54, 1.807) is 40.6 Å². The van der Waals surface area contributed by atoms with Crippen molar-refractivity contribution < 1.29 is 28.5 Å². The fourth-order valence-electron chi connectivity index (χ4n) is 3.41. The van der Waals surface area contributed by atoms with Crippen LogP contribution in [0.1, 0.15) is 22.7 Å². The van der Waals surface area contributed by atoms with Gasteiger partial charge in [0.05, 0.1) is 34.5 Å². The molecule has 0 aliphatic rings. The van der Waals surface area contributed by atoms with Crippen molar-refractivity contribution in [1.29, 1.82) is 0 Å². The molecule has 0 saturated heterocycles. The first-order valence-corrected chi connectivity index (χ1v) is 10.4. The normalized spacial score (nSPS) is 10.5. The Morgan fingerprint density at radius 2 is 1.21 bits per heavy atom. The maximum Gasteiger partial charge on any atom is 0.258 e. The maximum atomic E-state index is 12.8. The van der Waals surface area contributed by atoms with Crippen LogP contribution in [-0.4, -0.2) is 41.0 Å². The third-order valence-electron chi connectivity index (χ3n) is 5.18. The van der Waals surface area contributed by atoms with Gasteiger partial charge in [0.2, 0.25) is 0 Å². The molecule has 0 aromatic heterocycles. The van der Waals surface area contributed by atoms with Crippen LogP contribution < -0.4 is 29.0 Å². The summed E-state index contributed by atoms with van der Waals surface area (Å²) in [5.74, 6) is 2.67. The molecule has 0 radical (unpaired) electrons. The highest BCUT2D eigenvalue weighted by Crippen LogP contribution is 2.35. The van der Waals surface area contributed by atoms with E-state index in [4.69, 9.17) is 23.7 Å². The van der Waals surface area contributed by atoms with E-state index in [-0.39, 0.29) is 12.5 Å². The third kappa shape index (κ3) is 5.88. The number of amides is 1. The zero-order chi connectivity index (χ0) is 23.8. The molecule has 0 fully saturated rings. The lowest BCUT2D eigenvalue weighted by molar-refractivity contribution is -0.123. The van der Waals surface area contributed by atoms with E-state index in [2.05, 4.69) is 5.32 Å². The molecule has 1 N–H and O–H groups in total. The number of benzene rings is 3. The molecule has 174 valence electrons. The lowest BCUT2D eigenvalue weighted by Crippen LogP contribution is -2.33. The predicted molar refractivity (Wildman–Crippen MR) is 126 cm³/mol. The minimum atomic E-state index is -0.487. The van der Waals surface area contributed by atoms with Gasteiger partial charge in [-0.3, -0.25) is 4.79 Å². The Morgan fingerprint density at radius 1 is 0.727 bits per heavy atom. The Labute approximate surface area is 194 Å². The van der Waals surface area contributed by atoms with Crippen molar-refractivity contribution in [2.45, 2.75) is 13.0 Å². The smallest absolute Gasteiger partial charge is 0.258 e. The van der Waals surface area contributed by atoms with Gasteiger partial charge in [0.15, 0.2) is 29.6 Å². The van der Waals surface area contributed by atoms with Gasteiger partial charge in [-0.25, -0.2) is 0 Å². The van der Waals surface area contributed by atoms with Crippen molar-refractivity contribution in [2.24, 2.45) is 0 Å². The largest absolute Gasteiger partial charge is 0.493 e. The highest BCUT2D eigenvalue weighted by Gasteiger charge is 2.21. The van der Waals surface area contributed by atoms with Crippen LogP contribution in [0.15, 0.2) is 60.7 Å². The Hall–Kier alpha value is -3.87.